The number of nitrogens with one attached hydrogen (secondary N) is 1. The quantitative estimate of drug-likeness (QED) is 0.694. The molecule has 0 saturated carbocycles. The van der Waals surface area contributed by atoms with E-state index in [1.165, 1.54) is 11.1 Å². The zero-order valence-corrected chi connectivity index (χ0v) is 12.6. The monoisotopic (exact) mass is 265 g/mol. The van der Waals surface area contributed by atoms with Gasteiger partial charge in [0.15, 0.2) is 6.29 Å². The zero-order valence-electron chi connectivity index (χ0n) is 12.6. The molecule has 0 unspecified atom stereocenters. The molecule has 1 atom stereocenters. The van der Waals surface area contributed by atoms with Gasteiger partial charge >= 0.3 is 0 Å². The molecule has 0 heterocycles. The Hall–Kier alpha value is -0.900. The molecule has 0 aliphatic heterocycles. The lowest BCUT2D eigenvalue weighted by Crippen LogP contribution is -2.26. The van der Waals surface area contributed by atoms with Gasteiger partial charge in [-0.25, -0.2) is 0 Å². The van der Waals surface area contributed by atoms with Crippen LogP contribution in [-0.2, 0) is 9.47 Å². The van der Waals surface area contributed by atoms with Crippen molar-refractivity contribution in [3.63, 3.8) is 0 Å². The van der Waals surface area contributed by atoms with E-state index >= 15 is 0 Å². The third kappa shape index (κ3) is 6.19. The highest BCUT2D eigenvalue weighted by atomic mass is 16.7. The van der Waals surface area contributed by atoms with Crippen LogP contribution in [0.25, 0.3) is 0 Å². The van der Waals surface area contributed by atoms with Gasteiger partial charge in [0.2, 0.25) is 0 Å². The molecule has 0 aliphatic carbocycles. The van der Waals surface area contributed by atoms with E-state index in [9.17, 15) is 0 Å². The maximum atomic E-state index is 5.53. The second-order valence-electron chi connectivity index (χ2n) is 4.72. The molecular formula is C16H27NO2. The topological polar surface area (TPSA) is 30.5 Å². The second-order valence-corrected chi connectivity index (χ2v) is 4.72. The molecule has 3 nitrogen and oxygen atoms in total. The number of hydrogen-bond acceptors (Lipinski definition) is 3. The van der Waals surface area contributed by atoms with Crippen LogP contribution in [0, 0.1) is 6.92 Å². The molecule has 0 aromatic heterocycles. The van der Waals surface area contributed by atoms with E-state index in [4.69, 9.17) is 9.47 Å². The van der Waals surface area contributed by atoms with E-state index in [1.807, 2.05) is 13.8 Å². The van der Waals surface area contributed by atoms with Crippen LogP contribution < -0.4 is 5.32 Å². The van der Waals surface area contributed by atoms with Gasteiger partial charge in [-0.3, -0.25) is 0 Å². The third-order valence-corrected chi connectivity index (χ3v) is 3.08. The standard InChI is InChI=1S/C16H27NO2/c1-5-18-16(19-6-2)10-11-17-14(4)15-9-7-8-13(3)12-15/h7-9,12,14,16-17H,5-6,10-11H2,1-4H3/t14-/m0/s1. The predicted molar refractivity (Wildman–Crippen MR) is 79.3 cm³/mol. The molecule has 0 bridgehead atoms. The minimum absolute atomic E-state index is 0.0905. The Bertz CT molecular complexity index is 348. The van der Waals surface area contributed by atoms with Crippen molar-refractivity contribution in [1.29, 1.82) is 0 Å². The Morgan fingerprint density at radius 1 is 1.16 bits per heavy atom. The van der Waals surface area contributed by atoms with Crippen LogP contribution >= 0.6 is 0 Å². The maximum Gasteiger partial charge on any atom is 0.158 e. The lowest BCUT2D eigenvalue weighted by atomic mass is 10.1. The van der Waals surface area contributed by atoms with Crippen molar-refractivity contribution in [1.82, 2.24) is 5.32 Å². The molecule has 19 heavy (non-hydrogen) atoms. The number of hydrogen-bond donors (Lipinski definition) is 1. The van der Waals surface area contributed by atoms with Gasteiger partial charge in [-0.2, -0.15) is 0 Å². The summed E-state index contributed by atoms with van der Waals surface area (Å²) in [5, 5.41) is 3.51. The van der Waals surface area contributed by atoms with Crippen LogP contribution in [0.3, 0.4) is 0 Å². The van der Waals surface area contributed by atoms with E-state index in [1.54, 1.807) is 0 Å². The van der Waals surface area contributed by atoms with Crippen LogP contribution in [0.15, 0.2) is 24.3 Å². The van der Waals surface area contributed by atoms with Crippen molar-refractivity contribution < 1.29 is 9.47 Å². The first kappa shape index (κ1) is 16.2. The van der Waals surface area contributed by atoms with E-state index in [0.29, 0.717) is 19.3 Å². The molecule has 108 valence electrons. The molecule has 0 aliphatic rings. The molecule has 0 fully saturated rings. The molecular weight excluding hydrogens is 238 g/mol. The Balaban J connectivity index is 2.35. The highest BCUT2D eigenvalue weighted by molar-refractivity contribution is 5.24. The number of benzene rings is 1. The van der Waals surface area contributed by atoms with E-state index < -0.39 is 0 Å². The minimum Gasteiger partial charge on any atom is -0.353 e. The number of aryl methyl sites for hydroxylation is 1. The molecule has 0 saturated heterocycles. The summed E-state index contributed by atoms with van der Waals surface area (Å²) in [7, 11) is 0. The number of rotatable bonds is 9. The first-order chi connectivity index (χ1) is 9.17. The van der Waals surface area contributed by atoms with Gasteiger partial charge in [-0.05, 0) is 33.3 Å². The second kappa shape index (κ2) is 9.08. The Labute approximate surface area is 117 Å². The lowest BCUT2D eigenvalue weighted by molar-refractivity contribution is -0.138. The predicted octanol–water partition coefficient (Wildman–Crippen LogP) is 3.43. The van der Waals surface area contributed by atoms with Crippen molar-refractivity contribution in [2.45, 2.75) is 46.4 Å². The fourth-order valence-electron chi connectivity index (χ4n) is 2.06. The maximum absolute atomic E-state index is 5.53. The van der Waals surface area contributed by atoms with Crippen molar-refractivity contribution in [3.8, 4) is 0 Å². The normalized spacial score (nSPS) is 12.9. The van der Waals surface area contributed by atoms with Crippen molar-refractivity contribution in [2.24, 2.45) is 0 Å². The molecule has 0 amide bonds. The fourth-order valence-corrected chi connectivity index (χ4v) is 2.06. The molecule has 0 radical (unpaired) electrons. The SMILES string of the molecule is CCOC(CCN[C@@H](C)c1cccc(C)c1)OCC. The van der Waals surface area contributed by atoms with Crippen LogP contribution in [0.5, 0.6) is 0 Å². The summed E-state index contributed by atoms with van der Waals surface area (Å²) in [6.07, 6.45) is 0.782. The average Bonchev–Trinajstić information content (AvgIpc) is 2.39. The lowest BCUT2D eigenvalue weighted by Gasteiger charge is -2.19. The summed E-state index contributed by atoms with van der Waals surface area (Å²) in [6, 6.07) is 8.96. The fraction of sp³-hybridized carbons (Fsp3) is 0.625. The highest BCUT2D eigenvalue weighted by Crippen LogP contribution is 2.13. The minimum atomic E-state index is -0.0905. The molecule has 1 rings (SSSR count). The van der Waals surface area contributed by atoms with Crippen LogP contribution in [0.4, 0.5) is 0 Å². The molecule has 0 spiro atoms. The Morgan fingerprint density at radius 2 is 1.84 bits per heavy atom. The third-order valence-electron chi connectivity index (χ3n) is 3.08. The van der Waals surface area contributed by atoms with E-state index in [2.05, 4.69) is 43.4 Å². The van der Waals surface area contributed by atoms with Gasteiger partial charge in [0.25, 0.3) is 0 Å². The average molecular weight is 265 g/mol. The van der Waals surface area contributed by atoms with Crippen molar-refractivity contribution >= 4 is 0 Å². The van der Waals surface area contributed by atoms with Gasteiger partial charge in [0, 0.05) is 32.2 Å². The van der Waals surface area contributed by atoms with Crippen LogP contribution in [-0.4, -0.2) is 26.0 Å². The Kier molecular flexibility index (Phi) is 7.72. The molecule has 1 aromatic carbocycles. The summed E-state index contributed by atoms with van der Waals surface area (Å²) in [4.78, 5) is 0. The summed E-state index contributed by atoms with van der Waals surface area (Å²) in [5.74, 6) is 0. The van der Waals surface area contributed by atoms with Crippen molar-refractivity contribution in [3.05, 3.63) is 35.4 Å². The molecule has 1 N–H and O–H groups in total. The van der Waals surface area contributed by atoms with Gasteiger partial charge in [0.05, 0.1) is 0 Å². The van der Waals surface area contributed by atoms with Gasteiger partial charge in [0.1, 0.15) is 0 Å². The largest absolute Gasteiger partial charge is 0.353 e. The van der Waals surface area contributed by atoms with Crippen molar-refractivity contribution in [2.75, 3.05) is 19.8 Å². The summed E-state index contributed by atoms with van der Waals surface area (Å²) >= 11 is 0. The summed E-state index contributed by atoms with van der Waals surface area (Å²) < 4.78 is 11.1. The van der Waals surface area contributed by atoms with E-state index in [0.717, 1.165) is 13.0 Å². The van der Waals surface area contributed by atoms with Crippen LogP contribution in [0.1, 0.15) is 44.4 Å². The summed E-state index contributed by atoms with van der Waals surface area (Å²) in [5.41, 5.74) is 2.62. The van der Waals surface area contributed by atoms with Gasteiger partial charge in [-0.15, -0.1) is 0 Å². The van der Waals surface area contributed by atoms with Crippen LogP contribution in [0.2, 0.25) is 0 Å². The van der Waals surface area contributed by atoms with Gasteiger partial charge < -0.3 is 14.8 Å². The highest BCUT2D eigenvalue weighted by Gasteiger charge is 2.09. The number of ether oxygens (including phenoxy) is 2. The summed E-state index contributed by atoms with van der Waals surface area (Å²) in [6.45, 7) is 10.6. The first-order valence-electron chi connectivity index (χ1n) is 7.20. The smallest absolute Gasteiger partial charge is 0.158 e. The molecule has 3 heteroatoms. The zero-order chi connectivity index (χ0) is 14.1. The van der Waals surface area contributed by atoms with E-state index in [-0.39, 0.29) is 6.29 Å². The van der Waals surface area contributed by atoms with Gasteiger partial charge in [-0.1, -0.05) is 29.8 Å². The molecule has 1 aromatic rings. The first-order valence-corrected chi connectivity index (χ1v) is 7.20. The Morgan fingerprint density at radius 3 is 2.42 bits per heavy atom.